The molecule has 0 bridgehead atoms. The van der Waals surface area contributed by atoms with Crippen LogP contribution in [0.1, 0.15) is 35.1 Å². The van der Waals surface area contributed by atoms with Gasteiger partial charge in [0.25, 0.3) is 0 Å². The Balaban J connectivity index is 2.44. The van der Waals surface area contributed by atoms with E-state index in [9.17, 15) is 18.0 Å². The summed E-state index contributed by atoms with van der Waals surface area (Å²) >= 11 is 0. The fraction of sp³-hybridized carbons (Fsp3) is 0.500. The van der Waals surface area contributed by atoms with Gasteiger partial charge in [0.2, 0.25) is 0 Å². The summed E-state index contributed by atoms with van der Waals surface area (Å²) in [5.41, 5.74) is -1.54. The summed E-state index contributed by atoms with van der Waals surface area (Å²) in [4.78, 5) is 10.7. The Bertz CT molecular complexity index is 407. The molecule has 0 spiro atoms. The summed E-state index contributed by atoms with van der Waals surface area (Å²) in [6, 6.07) is 0.382. The zero-order valence-corrected chi connectivity index (χ0v) is 7.45. The molecule has 0 unspecified atom stereocenters. The van der Waals surface area contributed by atoms with Crippen LogP contribution in [0.2, 0.25) is 0 Å². The highest BCUT2D eigenvalue weighted by molar-refractivity contribution is 5.85. The van der Waals surface area contributed by atoms with Gasteiger partial charge in [-0.2, -0.15) is 18.3 Å². The van der Waals surface area contributed by atoms with Crippen LogP contribution in [0.25, 0.3) is 0 Å². The number of hydrogen-bond acceptors (Lipinski definition) is 2. The van der Waals surface area contributed by atoms with Crippen molar-refractivity contribution in [2.75, 3.05) is 0 Å². The minimum atomic E-state index is -4.59. The average molecular weight is 220 g/mol. The molecule has 0 aromatic carbocycles. The zero-order valence-electron chi connectivity index (χ0n) is 7.45. The van der Waals surface area contributed by atoms with E-state index in [1.165, 1.54) is 0 Å². The normalized spacial score (nSPS) is 16.7. The first kappa shape index (κ1) is 10.0. The van der Waals surface area contributed by atoms with Gasteiger partial charge < -0.3 is 5.11 Å². The van der Waals surface area contributed by atoms with E-state index in [0.717, 1.165) is 4.68 Å². The second-order valence-electron chi connectivity index (χ2n) is 3.39. The quantitative estimate of drug-likeness (QED) is 0.828. The van der Waals surface area contributed by atoms with Gasteiger partial charge in [0.1, 0.15) is 5.69 Å². The molecular weight excluding hydrogens is 213 g/mol. The smallest absolute Gasteiger partial charge is 0.435 e. The van der Waals surface area contributed by atoms with Crippen LogP contribution in [0.4, 0.5) is 13.2 Å². The second-order valence-corrected chi connectivity index (χ2v) is 3.39. The number of nitrogens with zero attached hydrogens (tertiary/aromatic N) is 2. The maximum Gasteiger partial charge on any atom is 0.435 e. The predicted octanol–water partition coefficient (Wildman–Crippen LogP) is 1.93. The maximum absolute atomic E-state index is 12.3. The van der Waals surface area contributed by atoms with E-state index >= 15 is 0 Å². The summed E-state index contributed by atoms with van der Waals surface area (Å²) in [5, 5.41) is 12.0. The fourth-order valence-corrected chi connectivity index (χ4v) is 1.29. The Morgan fingerprint density at radius 3 is 2.53 bits per heavy atom. The standard InChI is InChI=1S/C8H7F3N2O2/c9-8(10,11)6-3-5(7(14)15)13(12-6)4-1-2-4/h3-4H,1-2H2,(H,14,15). The van der Waals surface area contributed by atoms with Crippen molar-refractivity contribution in [1.29, 1.82) is 0 Å². The van der Waals surface area contributed by atoms with Gasteiger partial charge in [-0.05, 0) is 12.8 Å². The molecule has 82 valence electrons. The first-order valence-corrected chi connectivity index (χ1v) is 4.29. The molecule has 2 rings (SSSR count). The van der Waals surface area contributed by atoms with Gasteiger partial charge in [-0.25, -0.2) is 4.79 Å². The minimum absolute atomic E-state index is 0.188. The molecule has 15 heavy (non-hydrogen) atoms. The van der Waals surface area contributed by atoms with E-state index in [1.807, 2.05) is 0 Å². The van der Waals surface area contributed by atoms with Crippen molar-refractivity contribution in [1.82, 2.24) is 9.78 Å². The molecule has 7 heteroatoms. The number of aromatic carboxylic acids is 1. The molecule has 1 aromatic rings. The van der Waals surface area contributed by atoms with Crippen LogP contribution in [0.5, 0.6) is 0 Å². The third-order valence-corrected chi connectivity index (χ3v) is 2.14. The molecule has 4 nitrogen and oxygen atoms in total. The highest BCUT2D eigenvalue weighted by Crippen LogP contribution is 2.37. The number of hydrogen-bond donors (Lipinski definition) is 1. The third-order valence-electron chi connectivity index (χ3n) is 2.14. The largest absolute Gasteiger partial charge is 0.477 e. The second kappa shape index (κ2) is 2.98. The summed E-state index contributed by atoms with van der Waals surface area (Å²) in [5.74, 6) is -1.38. The summed E-state index contributed by atoms with van der Waals surface area (Å²) < 4.78 is 37.7. The summed E-state index contributed by atoms with van der Waals surface area (Å²) in [7, 11) is 0. The van der Waals surface area contributed by atoms with E-state index in [1.54, 1.807) is 0 Å². The van der Waals surface area contributed by atoms with E-state index < -0.39 is 23.5 Å². The first-order chi connectivity index (χ1) is 6.89. The van der Waals surface area contributed by atoms with Crippen LogP contribution in [-0.4, -0.2) is 20.9 Å². The summed E-state index contributed by atoms with van der Waals surface area (Å²) in [6.45, 7) is 0. The van der Waals surface area contributed by atoms with E-state index in [0.29, 0.717) is 18.9 Å². The molecule has 1 aromatic heterocycles. The number of carboxylic acid groups (broad SMARTS) is 1. The van der Waals surface area contributed by atoms with Gasteiger partial charge >= 0.3 is 12.1 Å². The van der Waals surface area contributed by atoms with Crippen LogP contribution in [0.15, 0.2) is 6.07 Å². The first-order valence-electron chi connectivity index (χ1n) is 4.29. The fourth-order valence-electron chi connectivity index (χ4n) is 1.29. The molecule has 1 aliphatic carbocycles. The zero-order chi connectivity index (χ0) is 11.2. The molecule has 1 heterocycles. The maximum atomic E-state index is 12.3. The van der Waals surface area contributed by atoms with E-state index in [2.05, 4.69) is 5.10 Å². The van der Waals surface area contributed by atoms with Crippen molar-refractivity contribution in [2.24, 2.45) is 0 Å². The molecule has 0 radical (unpaired) electrons. The minimum Gasteiger partial charge on any atom is -0.477 e. The van der Waals surface area contributed by atoms with Crippen LogP contribution in [-0.2, 0) is 6.18 Å². The lowest BCUT2D eigenvalue weighted by atomic mass is 10.3. The van der Waals surface area contributed by atoms with Crippen molar-refractivity contribution in [2.45, 2.75) is 25.1 Å². The number of carboxylic acids is 1. The van der Waals surface area contributed by atoms with Crippen molar-refractivity contribution in [3.63, 3.8) is 0 Å². The third kappa shape index (κ3) is 1.81. The Morgan fingerprint density at radius 1 is 1.53 bits per heavy atom. The number of halogens is 3. The highest BCUT2D eigenvalue weighted by Gasteiger charge is 2.38. The molecule has 0 amide bonds. The van der Waals surface area contributed by atoms with Gasteiger partial charge in [0.15, 0.2) is 5.69 Å². The molecule has 1 fully saturated rings. The lowest BCUT2D eigenvalue weighted by Crippen LogP contribution is -2.09. The van der Waals surface area contributed by atoms with Crippen LogP contribution in [0, 0.1) is 0 Å². The van der Waals surface area contributed by atoms with E-state index in [4.69, 9.17) is 5.11 Å². The van der Waals surface area contributed by atoms with Crippen molar-refractivity contribution in [3.8, 4) is 0 Å². The molecule has 1 aliphatic rings. The van der Waals surface area contributed by atoms with Gasteiger partial charge in [-0.15, -0.1) is 0 Å². The van der Waals surface area contributed by atoms with Gasteiger partial charge in [-0.3, -0.25) is 4.68 Å². The molecule has 0 atom stereocenters. The summed E-state index contributed by atoms with van der Waals surface area (Å²) in [6.07, 6.45) is -3.23. The molecular formula is C8H7F3N2O2. The molecule has 1 N–H and O–H groups in total. The Labute approximate surface area is 82.3 Å². The molecule has 0 aliphatic heterocycles. The lowest BCUT2D eigenvalue weighted by molar-refractivity contribution is -0.141. The lowest BCUT2D eigenvalue weighted by Gasteiger charge is -2.01. The van der Waals surface area contributed by atoms with Crippen LogP contribution >= 0.6 is 0 Å². The number of aromatic nitrogens is 2. The monoisotopic (exact) mass is 220 g/mol. The number of rotatable bonds is 2. The Hall–Kier alpha value is -1.53. The van der Waals surface area contributed by atoms with Gasteiger partial charge in [-0.1, -0.05) is 0 Å². The Kier molecular flexibility index (Phi) is 1.99. The molecule has 0 saturated heterocycles. The van der Waals surface area contributed by atoms with Crippen molar-refractivity contribution in [3.05, 3.63) is 17.5 Å². The van der Waals surface area contributed by atoms with Gasteiger partial charge in [0.05, 0.1) is 6.04 Å². The van der Waals surface area contributed by atoms with Crippen LogP contribution in [0.3, 0.4) is 0 Å². The molecule has 1 saturated carbocycles. The van der Waals surface area contributed by atoms with Crippen molar-refractivity contribution >= 4 is 5.97 Å². The highest BCUT2D eigenvalue weighted by atomic mass is 19.4. The number of alkyl halides is 3. The van der Waals surface area contributed by atoms with Gasteiger partial charge in [0, 0.05) is 6.07 Å². The topological polar surface area (TPSA) is 55.1 Å². The Morgan fingerprint density at radius 2 is 2.13 bits per heavy atom. The number of carbonyl (C=O) groups is 1. The van der Waals surface area contributed by atoms with E-state index in [-0.39, 0.29) is 6.04 Å². The average Bonchev–Trinajstić information content (AvgIpc) is 2.81. The van der Waals surface area contributed by atoms with Crippen molar-refractivity contribution < 1.29 is 23.1 Å². The van der Waals surface area contributed by atoms with Crippen LogP contribution < -0.4 is 0 Å². The predicted molar refractivity (Wildman–Crippen MR) is 42.5 cm³/mol. The SMILES string of the molecule is O=C(O)c1cc(C(F)(F)F)nn1C1CC1.